The zero-order valence-corrected chi connectivity index (χ0v) is 9.52. The maximum absolute atomic E-state index is 11.3. The Kier molecular flexibility index (Phi) is 5.51. The van der Waals surface area contributed by atoms with Crippen molar-refractivity contribution >= 4 is 10.0 Å². The van der Waals surface area contributed by atoms with Crippen LogP contribution in [0.15, 0.2) is 0 Å². The van der Waals surface area contributed by atoms with Crippen LogP contribution in [0.4, 0.5) is 0 Å². The van der Waals surface area contributed by atoms with Crippen molar-refractivity contribution < 1.29 is 13.2 Å². The lowest BCUT2D eigenvalue weighted by molar-refractivity contribution is 0.133. The van der Waals surface area contributed by atoms with Gasteiger partial charge in [-0.25, -0.2) is 13.1 Å². The third-order valence-corrected chi connectivity index (χ3v) is 3.53. The fourth-order valence-corrected chi connectivity index (χ4v) is 1.65. The van der Waals surface area contributed by atoms with Crippen molar-refractivity contribution in [2.45, 2.75) is 39.0 Å². The van der Waals surface area contributed by atoms with E-state index in [2.05, 4.69) is 4.72 Å². The average molecular weight is 209 g/mol. The molecule has 0 saturated heterocycles. The summed E-state index contributed by atoms with van der Waals surface area (Å²) in [6, 6.07) is -0.160. The molecule has 13 heavy (non-hydrogen) atoms. The molecule has 0 spiro atoms. The molecule has 1 atom stereocenters. The third-order valence-electron chi connectivity index (χ3n) is 1.56. The lowest BCUT2D eigenvalue weighted by Gasteiger charge is -2.15. The number of hydrogen-bond acceptors (Lipinski definition) is 3. The van der Waals surface area contributed by atoms with Crippen molar-refractivity contribution in [2.24, 2.45) is 0 Å². The number of nitrogens with one attached hydrogen (secondary N) is 1. The molecule has 0 rings (SSSR count). The molecule has 0 aliphatic heterocycles. The Hall–Kier alpha value is -0.130. The molecule has 0 fully saturated rings. The van der Waals surface area contributed by atoms with E-state index in [4.69, 9.17) is 4.74 Å². The second-order valence-electron chi connectivity index (χ2n) is 3.27. The maximum atomic E-state index is 11.3. The summed E-state index contributed by atoms with van der Waals surface area (Å²) in [5.74, 6) is 0. The highest BCUT2D eigenvalue weighted by Gasteiger charge is 2.18. The Labute approximate surface area is 80.7 Å². The first-order valence-electron chi connectivity index (χ1n) is 4.49. The smallest absolute Gasteiger partial charge is 0.214 e. The molecule has 0 aliphatic rings. The fraction of sp³-hybridized carbons (Fsp3) is 1.00. The quantitative estimate of drug-likeness (QED) is 0.702. The van der Waals surface area contributed by atoms with Crippen molar-refractivity contribution in [2.75, 3.05) is 13.2 Å². The second-order valence-corrected chi connectivity index (χ2v) is 5.54. The first kappa shape index (κ1) is 12.9. The summed E-state index contributed by atoms with van der Waals surface area (Å²) in [6.45, 7) is 7.99. The van der Waals surface area contributed by atoms with Gasteiger partial charge >= 0.3 is 0 Å². The molecule has 0 radical (unpaired) electrons. The highest BCUT2D eigenvalue weighted by molar-refractivity contribution is 7.90. The van der Waals surface area contributed by atoms with Crippen LogP contribution >= 0.6 is 0 Å². The Morgan fingerprint density at radius 2 is 1.85 bits per heavy atom. The number of ether oxygens (including phenoxy) is 1. The molecule has 1 N–H and O–H groups in total. The van der Waals surface area contributed by atoms with E-state index >= 15 is 0 Å². The fourth-order valence-electron chi connectivity index (χ4n) is 0.745. The molecule has 0 bridgehead atoms. The molecule has 5 heteroatoms. The van der Waals surface area contributed by atoms with Crippen LogP contribution < -0.4 is 4.72 Å². The van der Waals surface area contributed by atoms with Crippen LogP contribution in [0.5, 0.6) is 0 Å². The summed E-state index contributed by atoms with van der Waals surface area (Å²) in [7, 11) is -3.16. The van der Waals surface area contributed by atoms with Crippen molar-refractivity contribution in [3.63, 3.8) is 0 Å². The molecule has 0 aromatic rings. The van der Waals surface area contributed by atoms with Gasteiger partial charge in [0, 0.05) is 12.6 Å². The first-order valence-corrected chi connectivity index (χ1v) is 6.03. The Balaban J connectivity index is 3.98. The van der Waals surface area contributed by atoms with Gasteiger partial charge in [0.05, 0.1) is 11.9 Å². The molecular formula is C8H19NO3S. The number of hydrogen-bond donors (Lipinski definition) is 1. The van der Waals surface area contributed by atoms with Gasteiger partial charge in [-0.3, -0.25) is 0 Å². The minimum Gasteiger partial charge on any atom is -0.380 e. The summed E-state index contributed by atoms with van der Waals surface area (Å²) in [5.41, 5.74) is 0. The molecule has 0 heterocycles. The minimum absolute atomic E-state index is 0.160. The minimum atomic E-state index is -3.16. The van der Waals surface area contributed by atoms with Gasteiger partial charge in [-0.1, -0.05) is 0 Å². The molecule has 80 valence electrons. The second kappa shape index (κ2) is 5.57. The first-order chi connectivity index (χ1) is 5.90. The van der Waals surface area contributed by atoms with Gasteiger partial charge in [-0.15, -0.1) is 0 Å². The zero-order valence-electron chi connectivity index (χ0n) is 8.70. The van der Waals surface area contributed by atoms with E-state index in [1.54, 1.807) is 20.8 Å². The normalized spacial score (nSPS) is 14.8. The van der Waals surface area contributed by atoms with E-state index in [1.807, 2.05) is 6.92 Å². The van der Waals surface area contributed by atoms with Crippen LogP contribution in [0.3, 0.4) is 0 Å². The maximum Gasteiger partial charge on any atom is 0.214 e. The molecular weight excluding hydrogens is 190 g/mol. The SMILES string of the molecule is CCOCC(C)NS(=O)(=O)C(C)C. The lowest BCUT2D eigenvalue weighted by atomic mass is 10.4. The third kappa shape index (κ3) is 5.23. The van der Waals surface area contributed by atoms with E-state index < -0.39 is 15.3 Å². The molecule has 0 aliphatic carbocycles. The van der Waals surface area contributed by atoms with Gasteiger partial charge in [-0.2, -0.15) is 0 Å². The van der Waals surface area contributed by atoms with Crippen LogP contribution in [-0.4, -0.2) is 32.9 Å². The predicted molar refractivity (Wildman–Crippen MR) is 53.1 cm³/mol. The summed E-state index contributed by atoms with van der Waals surface area (Å²) >= 11 is 0. The highest BCUT2D eigenvalue weighted by Crippen LogP contribution is 1.98. The van der Waals surface area contributed by atoms with Crippen molar-refractivity contribution in [1.82, 2.24) is 4.72 Å². The predicted octanol–water partition coefficient (Wildman–Crippen LogP) is 0.739. The van der Waals surface area contributed by atoms with Gasteiger partial charge in [0.1, 0.15) is 0 Å². The van der Waals surface area contributed by atoms with Gasteiger partial charge in [0.2, 0.25) is 10.0 Å². The summed E-state index contributed by atoms with van der Waals surface area (Å²) in [5, 5.41) is -0.392. The van der Waals surface area contributed by atoms with Crippen LogP contribution in [-0.2, 0) is 14.8 Å². The molecule has 0 aromatic heterocycles. The van der Waals surface area contributed by atoms with Crippen LogP contribution in [0.25, 0.3) is 0 Å². The van der Waals surface area contributed by atoms with Crippen LogP contribution in [0.2, 0.25) is 0 Å². The van der Waals surface area contributed by atoms with Crippen LogP contribution in [0.1, 0.15) is 27.7 Å². The highest BCUT2D eigenvalue weighted by atomic mass is 32.2. The molecule has 4 nitrogen and oxygen atoms in total. The zero-order chi connectivity index (χ0) is 10.5. The lowest BCUT2D eigenvalue weighted by Crippen LogP contribution is -2.39. The monoisotopic (exact) mass is 209 g/mol. The number of rotatable bonds is 6. The van der Waals surface area contributed by atoms with E-state index in [1.165, 1.54) is 0 Å². The van der Waals surface area contributed by atoms with Crippen molar-refractivity contribution in [3.05, 3.63) is 0 Å². The van der Waals surface area contributed by atoms with E-state index in [0.717, 1.165) is 0 Å². The van der Waals surface area contributed by atoms with Gasteiger partial charge < -0.3 is 4.74 Å². The summed E-state index contributed by atoms with van der Waals surface area (Å²) in [6.07, 6.45) is 0. The van der Waals surface area contributed by atoms with Crippen LogP contribution in [0, 0.1) is 0 Å². The van der Waals surface area contributed by atoms with Gasteiger partial charge in [0.15, 0.2) is 0 Å². The molecule has 0 amide bonds. The summed E-state index contributed by atoms with van der Waals surface area (Å²) < 4.78 is 30.3. The Bertz CT molecular complexity index is 224. The average Bonchev–Trinajstić information content (AvgIpc) is 1.99. The molecule has 1 unspecified atom stereocenters. The Morgan fingerprint density at radius 1 is 1.31 bits per heavy atom. The number of sulfonamides is 1. The molecule has 0 saturated carbocycles. The topological polar surface area (TPSA) is 55.4 Å². The van der Waals surface area contributed by atoms with Crippen molar-refractivity contribution in [1.29, 1.82) is 0 Å². The van der Waals surface area contributed by atoms with E-state index in [9.17, 15) is 8.42 Å². The van der Waals surface area contributed by atoms with E-state index in [0.29, 0.717) is 13.2 Å². The van der Waals surface area contributed by atoms with E-state index in [-0.39, 0.29) is 6.04 Å². The van der Waals surface area contributed by atoms with Crippen molar-refractivity contribution in [3.8, 4) is 0 Å². The van der Waals surface area contributed by atoms with Gasteiger partial charge in [-0.05, 0) is 27.7 Å². The van der Waals surface area contributed by atoms with Gasteiger partial charge in [0.25, 0.3) is 0 Å². The standard InChI is InChI=1S/C8H19NO3S/c1-5-12-6-8(4)9-13(10,11)7(2)3/h7-9H,5-6H2,1-4H3. The Morgan fingerprint density at radius 3 is 2.23 bits per heavy atom. The molecule has 0 aromatic carbocycles. The largest absolute Gasteiger partial charge is 0.380 e. The summed E-state index contributed by atoms with van der Waals surface area (Å²) in [4.78, 5) is 0.